The highest BCUT2D eigenvalue weighted by Gasteiger charge is 2.13. The number of benzene rings is 2. The van der Waals surface area contributed by atoms with Crippen molar-refractivity contribution >= 4 is 15.9 Å². The van der Waals surface area contributed by atoms with E-state index < -0.39 is 0 Å². The lowest BCUT2D eigenvalue weighted by atomic mass is 10.1. The topological polar surface area (TPSA) is 38.7 Å². The van der Waals surface area contributed by atoms with Crippen molar-refractivity contribution in [2.24, 2.45) is 0 Å². The third-order valence-electron chi connectivity index (χ3n) is 3.33. The molecule has 2 aromatic rings. The quantitative estimate of drug-likeness (QED) is 0.681. The van der Waals surface area contributed by atoms with Gasteiger partial charge in [-0.05, 0) is 48.7 Å². The predicted molar refractivity (Wildman–Crippen MR) is 95.9 cm³/mol. The lowest BCUT2D eigenvalue weighted by Gasteiger charge is -2.17. The second-order valence-corrected chi connectivity index (χ2v) is 6.00. The molecule has 0 fully saturated rings. The van der Waals surface area contributed by atoms with Crippen molar-refractivity contribution in [2.45, 2.75) is 26.6 Å². The summed E-state index contributed by atoms with van der Waals surface area (Å²) in [5.74, 6) is 1.37. The van der Waals surface area contributed by atoms with Crippen LogP contribution < -0.4 is 9.47 Å². The SMILES string of the molecule is C=CCc1cc(CO)cc(OCC)c1OCc1ccc(Br)cc1. The molecule has 4 heteroatoms. The van der Waals surface area contributed by atoms with Crippen LogP contribution in [-0.4, -0.2) is 11.7 Å². The van der Waals surface area contributed by atoms with E-state index in [-0.39, 0.29) is 6.61 Å². The van der Waals surface area contributed by atoms with E-state index in [1.165, 1.54) is 0 Å². The first kappa shape index (κ1) is 17.6. The molecule has 3 nitrogen and oxygen atoms in total. The fourth-order valence-corrected chi connectivity index (χ4v) is 2.55. The van der Waals surface area contributed by atoms with Crippen molar-refractivity contribution in [3.8, 4) is 11.5 Å². The molecule has 23 heavy (non-hydrogen) atoms. The molecule has 0 aromatic heterocycles. The van der Waals surface area contributed by atoms with Gasteiger partial charge in [0.2, 0.25) is 0 Å². The number of rotatable bonds is 8. The van der Waals surface area contributed by atoms with E-state index in [0.29, 0.717) is 31.1 Å². The number of halogens is 1. The van der Waals surface area contributed by atoms with Gasteiger partial charge in [-0.1, -0.05) is 34.1 Å². The lowest BCUT2D eigenvalue weighted by Crippen LogP contribution is -2.04. The van der Waals surface area contributed by atoms with Gasteiger partial charge in [0.15, 0.2) is 11.5 Å². The number of aliphatic hydroxyl groups is 1. The Morgan fingerprint density at radius 3 is 2.48 bits per heavy atom. The average Bonchev–Trinajstić information content (AvgIpc) is 2.56. The Morgan fingerprint density at radius 2 is 1.87 bits per heavy atom. The lowest BCUT2D eigenvalue weighted by molar-refractivity contribution is 0.261. The van der Waals surface area contributed by atoms with Crippen molar-refractivity contribution in [3.05, 3.63) is 70.2 Å². The molecule has 0 heterocycles. The molecule has 0 spiro atoms. The van der Waals surface area contributed by atoms with Crippen LogP contribution in [0.4, 0.5) is 0 Å². The fourth-order valence-electron chi connectivity index (χ4n) is 2.28. The van der Waals surface area contributed by atoms with Gasteiger partial charge in [0.05, 0.1) is 13.2 Å². The molecule has 1 N–H and O–H groups in total. The summed E-state index contributed by atoms with van der Waals surface area (Å²) in [5.41, 5.74) is 2.85. The minimum Gasteiger partial charge on any atom is -0.490 e. The maximum atomic E-state index is 9.42. The summed E-state index contributed by atoms with van der Waals surface area (Å²) in [6.07, 6.45) is 2.47. The second kappa shape index (κ2) is 8.75. The molecule has 0 aliphatic rings. The van der Waals surface area contributed by atoms with Gasteiger partial charge in [0, 0.05) is 10.0 Å². The Labute approximate surface area is 145 Å². The minimum absolute atomic E-state index is 0.0305. The summed E-state index contributed by atoms with van der Waals surface area (Å²) in [6.45, 7) is 6.68. The standard InChI is InChI=1S/C19H21BrO3/c1-3-5-16-10-15(12-21)11-18(22-4-2)19(16)23-13-14-6-8-17(20)9-7-14/h3,6-11,21H,1,4-5,12-13H2,2H3. The van der Waals surface area contributed by atoms with E-state index in [4.69, 9.17) is 9.47 Å². The molecule has 0 radical (unpaired) electrons. The molecule has 0 saturated heterocycles. The van der Waals surface area contributed by atoms with Gasteiger partial charge in [-0.2, -0.15) is 0 Å². The Kier molecular flexibility index (Phi) is 6.68. The maximum absolute atomic E-state index is 9.42. The van der Waals surface area contributed by atoms with Crippen LogP contribution in [-0.2, 0) is 19.6 Å². The highest BCUT2D eigenvalue weighted by molar-refractivity contribution is 9.10. The van der Waals surface area contributed by atoms with Gasteiger partial charge in [0.1, 0.15) is 6.61 Å². The van der Waals surface area contributed by atoms with E-state index >= 15 is 0 Å². The number of ether oxygens (including phenoxy) is 2. The third-order valence-corrected chi connectivity index (χ3v) is 3.86. The van der Waals surface area contributed by atoms with Gasteiger partial charge < -0.3 is 14.6 Å². The Balaban J connectivity index is 2.29. The van der Waals surface area contributed by atoms with E-state index in [1.807, 2.05) is 49.4 Å². The first-order valence-electron chi connectivity index (χ1n) is 7.55. The van der Waals surface area contributed by atoms with Gasteiger partial charge in [-0.3, -0.25) is 0 Å². The molecule has 0 amide bonds. The number of aliphatic hydroxyl groups excluding tert-OH is 1. The zero-order chi connectivity index (χ0) is 16.7. The first-order valence-corrected chi connectivity index (χ1v) is 8.34. The molecule has 0 bridgehead atoms. The zero-order valence-corrected chi connectivity index (χ0v) is 14.8. The molecule has 0 aliphatic heterocycles. The Hall–Kier alpha value is -1.78. The van der Waals surface area contributed by atoms with Crippen LogP contribution in [0.5, 0.6) is 11.5 Å². The Morgan fingerprint density at radius 1 is 1.13 bits per heavy atom. The van der Waals surface area contributed by atoms with Gasteiger partial charge in [0.25, 0.3) is 0 Å². The normalized spacial score (nSPS) is 10.4. The van der Waals surface area contributed by atoms with E-state index in [2.05, 4.69) is 22.5 Å². The molecule has 2 rings (SSSR count). The van der Waals surface area contributed by atoms with Crippen LogP contribution in [0, 0.1) is 0 Å². The van der Waals surface area contributed by atoms with Crippen LogP contribution in [0.2, 0.25) is 0 Å². The second-order valence-electron chi connectivity index (χ2n) is 5.08. The minimum atomic E-state index is -0.0305. The maximum Gasteiger partial charge on any atom is 0.165 e. The van der Waals surface area contributed by atoms with Gasteiger partial charge >= 0.3 is 0 Å². The summed E-state index contributed by atoms with van der Waals surface area (Å²) < 4.78 is 12.8. The van der Waals surface area contributed by atoms with E-state index in [9.17, 15) is 5.11 Å². The fraction of sp³-hybridized carbons (Fsp3) is 0.263. The van der Waals surface area contributed by atoms with Crippen LogP contribution in [0.3, 0.4) is 0 Å². The van der Waals surface area contributed by atoms with Gasteiger partial charge in [-0.25, -0.2) is 0 Å². The van der Waals surface area contributed by atoms with Crippen LogP contribution in [0.25, 0.3) is 0 Å². The molecule has 2 aromatic carbocycles. The summed E-state index contributed by atoms with van der Waals surface area (Å²) in [6, 6.07) is 11.8. The largest absolute Gasteiger partial charge is 0.490 e. The highest BCUT2D eigenvalue weighted by atomic mass is 79.9. The van der Waals surface area contributed by atoms with Crippen LogP contribution >= 0.6 is 15.9 Å². The number of allylic oxidation sites excluding steroid dienone is 1. The molecule has 0 atom stereocenters. The van der Waals surface area contributed by atoms with Gasteiger partial charge in [-0.15, -0.1) is 6.58 Å². The van der Waals surface area contributed by atoms with Crippen LogP contribution in [0.1, 0.15) is 23.6 Å². The average molecular weight is 377 g/mol. The summed E-state index contributed by atoms with van der Waals surface area (Å²) in [4.78, 5) is 0. The molecule has 0 unspecified atom stereocenters. The van der Waals surface area contributed by atoms with Crippen molar-refractivity contribution in [1.82, 2.24) is 0 Å². The smallest absolute Gasteiger partial charge is 0.165 e. The van der Waals surface area contributed by atoms with Crippen LogP contribution in [0.15, 0.2) is 53.5 Å². The summed E-state index contributed by atoms with van der Waals surface area (Å²) >= 11 is 3.43. The zero-order valence-electron chi connectivity index (χ0n) is 13.2. The molecule has 0 saturated carbocycles. The third kappa shape index (κ3) is 4.85. The molecular weight excluding hydrogens is 356 g/mol. The monoisotopic (exact) mass is 376 g/mol. The van der Waals surface area contributed by atoms with E-state index in [1.54, 1.807) is 0 Å². The molecule has 0 aliphatic carbocycles. The predicted octanol–water partition coefficient (Wildman–Crippen LogP) is 4.65. The summed E-state index contributed by atoms with van der Waals surface area (Å²) in [5, 5.41) is 9.42. The molecular formula is C19H21BrO3. The number of hydrogen-bond donors (Lipinski definition) is 1. The van der Waals surface area contributed by atoms with Crippen molar-refractivity contribution in [1.29, 1.82) is 0 Å². The first-order chi connectivity index (χ1) is 11.2. The number of hydrogen-bond acceptors (Lipinski definition) is 3. The van der Waals surface area contributed by atoms with E-state index in [0.717, 1.165) is 21.2 Å². The van der Waals surface area contributed by atoms with Crippen molar-refractivity contribution in [3.63, 3.8) is 0 Å². The highest BCUT2D eigenvalue weighted by Crippen LogP contribution is 2.34. The Bertz CT molecular complexity index is 650. The molecule has 122 valence electrons. The summed E-state index contributed by atoms with van der Waals surface area (Å²) in [7, 11) is 0. The van der Waals surface area contributed by atoms with Crippen molar-refractivity contribution in [2.75, 3.05) is 6.61 Å². The van der Waals surface area contributed by atoms with Crippen molar-refractivity contribution < 1.29 is 14.6 Å².